The quantitative estimate of drug-likeness (QED) is 0.275. The van der Waals surface area contributed by atoms with Gasteiger partial charge in [0.2, 0.25) is 5.91 Å². The molecule has 0 bridgehead atoms. The minimum atomic E-state index is -1.06. The third-order valence-corrected chi connectivity index (χ3v) is 5.54. The monoisotopic (exact) mass is 505 g/mol. The zero-order valence-corrected chi connectivity index (χ0v) is 22.8. The Labute approximate surface area is 221 Å². The number of carbonyl (C=O) groups excluding carboxylic acids is 3. The summed E-state index contributed by atoms with van der Waals surface area (Å²) in [5, 5.41) is 5.59. The highest BCUT2D eigenvalue weighted by molar-refractivity contribution is 5.93. The number of terminal acetylenes is 1. The van der Waals surface area contributed by atoms with Crippen LogP contribution in [0.15, 0.2) is 48.5 Å². The Balaban J connectivity index is 2.48. The molecule has 0 aliphatic carbocycles. The number of ether oxygens (including phenoxy) is 1. The molecule has 2 rings (SSSR count). The summed E-state index contributed by atoms with van der Waals surface area (Å²) in [7, 11) is 0. The minimum Gasteiger partial charge on any atom is -0.444 e. The van der Waals surface area contributed by atoms with Gasteiger partial charge in [-0.2, -0.15) is 0 Å². The number of hydrogen-bond donors (Lipinski definition) is 2. The Hall–Kier alpha value is -3.79. The van der Waals surface area contributed by atoms with Gasteiger partial charge in [0, 0.05) is 19.0 Å². The Bertz CT molecular complexity index is 1100. The van der Waals surface area contributed by atoms with E-state index in [0.717, 1.165) is 34.4 Å². The average molecular weight is 506 g/mol. The van der Waals surface area contributed by atoms with Crippen LogP contribution in [0.2, 0.25) is 0 Å². The van der Waals surface area contributed by atoms with Crippen LogP contribution in [0.5, 0.6) is 0 Å². The lowest BCUT2D eigenvalue weighted by Gasteiger charge is -2.31. The lowest BCUT2D eigenvalue weighted by atomic mass is 9.98. The second kappa shape index (κ2) is 13.5. The summed E-state index contributed by atoms with van der Waals surface area (Å²) >= 11 is 0. The number of nitrogens with zero attached hydrogens (tertiary/aromatic N) is 1. The molecule has 0 aromatic heterocycles. The van der Waals surface area contributed by atoms with Crippen LogP contribution < -0.4 is 10.6 Å². The lowest BCUT2D eigenvalue weighted by Crippen LogP contribution is -2.52. The molecule has 37 heavy (non-hydrogen) atoms. The Morgan fingerprint density at radius 1 is 1.05 bits per heavy atom. The molecule has 3 amide bonds. The molecular formula is C30H39N3O4. The fourth-order valence-electron chi connectivity index (χ4n) is 4.00. The topological polar surface area (TPSA) is 87.7 Å². The van der Waals surface area contributed by atoms with Crippen molar-refractivity contribution in [2.24, 2.45) is 0 Å². The van der Waals surface area contributed by atoms with Crippen molar-refractivity contribution in [3.05, 3.63) is 70.8 Å². The molecule has 0 saturated heterocycles. The number of benzene rings is 2. The van der Waals surface area contributed by atoms with E-state index in [1.165, 1.54) is 0 Å². The third-order valence-electron chi connectivity index (χ3n) is 5.54. The van der Waals surface area contributed by atoms with Crippen LogP contribution in [0.3, 0.4) is 0 Å². The summed E-state index contributed by atoms with van der Waals surface area (Å²) < 4.78 is 5.41. The second-order valence-corrected chi connectivity index (χ2v) is 10.2. The van der Waals surface area contributed by atoms with Gasteiger partial charge in [0.25, 0.3) is 5.91 Å². The Morgan fingerprint density at radius 2 is 1.68 bits per heavy atom. The van der Waals surface area contributed by atoms with Gasteiger partial charge in [0.15, 0.2) is 0 Å². The summed E-state index contributed by atoms with van der Waals surface area (Å²) in [4.78, 5) is 41.1. The zero-order valence-electron chi connectivity index (χ0n) is 22.8. The standard InChI is InChI=1S/C30H39N3O4/c1-8-10-16-31-27(34)26(24-18-21(3)17-22(4)19-24)33(9-2)28(35)25(20-23-14-12-11-13-15-23)32-29(36)37-30(5,6)7/h2,11-15,17-19,25-26H,8,10,16,20H2,1,3-7H3,(H,31,34)(H,32,36). The first-order valence-electron chi connectivity index (χ1n) is 12.6. The Kier molecular flexibility index (Phi) is 10.7. The first kappa shape index (κ1) is 29.4. The molecular weight excluding hydrogens is 466 g/mol. The summed E-state index contributed by atoms with van der Waals surface area (Å²) in [5.74, 6) is -0.951. The van der Waals surface area contributed by atoms with E-state index in [0.29, 0.717) is 12.1 Å². The van der Waals surface area contributed by atoms with Gasteiger partial charge in [-0.15, -0.1) is 0 Å². The molecule has 2 atom stereocenters. The van der Waals surface area contributed by atoms with E-state index >= 15 is 0 Å². The molecule has 7 nitrogen and oxygen atoms in total. The number of rotatable bonds is 10. The normalized spacial score (nSPS) is 12.6. The number of alkyl carbamates (subject to hydrolysis) is 1. The fourth-order valence-corrected chi connectivity index (χ4v) is 4.00. The number of hydrogen-bond acceptors (Lipinski definition) is 4. The van der Waals surface area contributed by atoms with Crippen molar-refractivity contribution in [3.63, 3.8) is 0 Å². The van der Waals surface area contributed by atoms with Gasteiger partial charge in [-0.25, -0.2) is 4.79 Å². The van der Waals surface area contributed by atoms with Gasteiger partial charge in [-0.3, -0.25) is 14.5 Å². The van der Waals surface area contributed by atoms with Crippen LogP contribution in [0, 0.1) is 26.3 Å². The van der Waals surface area contributed by atoms with Crippen molar-refractivity contribution in [2.45, 2.75) is 78.5 Å². The molecule has 0 heterocycles. The van der Waals surface area contributed by atoms with E-state index in [9.17, 15) is 14.4 Å². The van der Waals surface area contributed by atoms with E-state index in [-0.39, 0.29) is 12.3 Å². The third kappa shape index (κ3) is 9.30. The molecule has 2 unspecified atom stereocenters. The van der Waals surface area contributed by atoms with Gasteiger partial charge in [-0.05, 0) is 52.2 Å². The predicted molar refractivity (Wildman–Crippen MR) is 146 cm³/mol. The smallest absolute Gasteiger partial charge is 0.408 e. The van der Waals surface area contributed by atoms with Crippen LogP contribution in [-0.2, 0) is 20.7 Å². The number of unbranched alkanes of at least 4 members (excludes halogenated alkanes) is 1. The van der Waals surface area contributed by atoms with E-state index in [1.54, 1.807) is 20.8 Å². The largest absolute Gasteiger partial charge is 0.444 e. The van der Waals surface area contributed by atoms with Crippen LogP contribution in [0.1, 0.15) is 68.8 Å². The van der Waals surface area contributed by atoms with Crippen LogP contribution in [-0.4, -0.2) is 41.0 Å². The molecule has 0 spiro atoms. The molecule has 0 aliphatic heterocycles. The Morgan fingerprint density at radius 3 is 2.22 bits per heavy atom. The molecule has 0 radical (unpaired) electrons. The van der Waals surface area contributed by atoms with Crippen LogP contribution in [0.4, 0.5) is 4.79 Å². The van der Waals surface area contributed by atoms with Gasteiger partial charge >= 0.3 is 6.09 Å². The number of aryl methyl sites for hydroxylation is 2. The first-order chi connectivity index (χ1) is 17.4. The molecule has 0 aliphatic rings. The van der Waals surface area contributed by atoms with Crippen molar-refractivity contribution >= 4 is 17.9 Å². The maximum Gasteiger partial charge on any atom is 0.408 e. The SMILES string of the molecule is C#CN(C(=O)C(Cc1ccccc1)NC(=O)OC(C)(C)C)C(C(=O)NCCCC)c1cc(C)cc(C)c1. The van der Waals surface area contributed by atoms with Crippen molar-refractivity contribution in [1.82, 2.24) is 15.5 Å². The van der Waals surface area contributed by atoms with Crippen molar-refractivity contribution in [1.29, 1.82) is 0 Å². The van der Waals surface area contributed by atoms with Gasteiger partial charge < -0.3 is 15.4 Å². The summed E-state index contributed by atoms with van der Waals surface area (Å²) in [6.45, 7) is 11.6. The second-order valence-electron chi connectivity index (χ2n) is 10.2. The van der Waals surface area contributed by atoms with E-state index < -0.39 is 29.7 Å². The first-order valence-corrected chi connectivity index (χ1v) is 12.6. The molecule has 198 valence electrons. The highest BCUT2D eigenvalue weighted by Gasteiger charge is 2.36. The zero-order chi connectivity index (χ0) is 27.6. The van der Waals surface area contributed by atoms with Gasteiger partial charge in [-0.1, -0.05) is 79.4 Å². The van der Waals surface area contributed by atoms with Crippen molar-refractivity contribution in [3.8, 4) is 12.5 Å². The molecule has 7 heteroatoms. The molecule has 2 aromatic rings. The fraction of sp³-hybridized carbons (Fsp3) is 0.433. The molecule has 2 N–H and O–H groups in total. The molecule has 0 saturated carbocycles. The number of nitrogens with one attached hydrogen (secondary N) is 2. The molecule has 0 fully saturated rings. The van der Waals surface area contributed by atoms with E-state index in [4.69, 9.17) is 11.2 Å². The maximum atomic E-state index is 13.9. The maximum absolute atomic E-state index is 13.9. The summed E-state index contributed by atoms with van der Waals surface area (Å²) in [6, 6.07) is 15.3. The average Bonchev–Trinajstić information content (AvgIpc) is 2.80. The van der Waals surface area contributed by atoms with Crippen LogP contribution >= 0.6 is 0 Å². The highest BCUT2D eigenvalue weighted by atomic mass is 16.6. The van der Waals surface area contributed by atoms with Crippen LogP contribution in [0.25, 0.3) is 0 Å². The predicted octanol–water partition coefficient (Wildman–Crippen LogP) is 4.82. The van der Waals surface area contributed by atoms with Crippen molar-refractivity contribution < 1.29 is 19.1 Å². The molecule has 2 aromatic carbocycles. The van der Waals surface area contributed by atoms with Gasteiger partial charge in [0.05, 0.1) is 0 Å². The minimum absolute atomic E-state index is 0.175. The number of amides is 3. The highest BCUT2D eigenvalue weighted by Crippen LogP contribution is 2.25. The number of carbonyl (C=O) groups is 3. The van der Waals surface area contributed by atoms with E-state index in [1.807, 2.05) is 69.3 Å². The van der Waals surface area contributed by atoms with Crippen molar-refractivity contribution in [2.75, 3.05) is 6.54 Å². The summed E-state index contributed by atoms with van der Waals surface area (Å²) in [5.41, 5.74) is 2.56. The summed E-state index contributed by atoms with van der Waals surface area (Å²) in [6.07, 6.45) is 7.01. The van der Waals surface area contributed by atoms with Gasteiger partial charge in [0.1, 0.15) is 17.7 Å². The lowest BCUT2D eigenvalue weighted by molar-refractivity contribution is -0.138. The van der Waals surface area contributed by atoms with E-state index in [2.05, 4.69) is 16.7 Å².